The van der Waals surface area contributed by atoms with E-state index in [0.29, 0.717) is 32.0 Å². The number of ether oxygens (including phenoxy) is 1. The van der Waals surface area contributed by atoms with Gasteiger partial charge in [0.15, 0.2) is 0 Å². The molecule has 1 fully saturated rings. The van der Waals surface area contributed by atoms with Crippen molar-refractivity contribution in [1.82, 2.24) is 5.32 Å². The van der Waals surface area contributed by atoms with Gasteiger partial charge in [0, 0.05) is 19.6 Å². The van der Waals surface area contributed by atoms with Crippen LogP contribution in [-0.2, 0) is 4.74 Å². The number of hydrogen-bond acceptors (Lipinski definition) is 7. The number of rotatable bonds is 7. The van der Waals surface area contributed by atoms with Gasteiger partial charge in [-0.2, -0.15) is 0 Å². The first-order valence-electron chi connectivity index (χ1n) is 8.06. The lowest BCUT2D eigenvalue weighted by Crippen LogP contribution is -2.40. The van der Waals surface area contributed by atoms with Crippen molar-refractivity contribution in [2.24, 2.45) is 0 Å². The van der Waals surface area contributed by atoms with Gasteiger partial charge in [0.2, 0.25) is 5.43 Å². The Labute approximate surface area is 154 Å². The Kier molecular flexibility index (Phi) is 7.64. The molecule has 1 aromatic carbocycles. The van der Waals surface area contributed by atoms with Gasteiger partial charge in [-0.05, 0) is 24.3 Å². The number of halogens is 2. The SMILES string of the molecule is O=c1ccc(N(O)C[C@@H](O)CNC(=S)C(F)F)ccc1N1CCOCC1. The van der Waals surface area contributed by atoms with E-state index in [-0.39, 0.29) is 24.2 Å². The largest absolute Gasteiger partial charge is 0.389 e. The third-order valence-electron chi connectivity index (χ3n) is 3.81. The van der Waals surface area contributed by atoms with Gasteiger partial charge in [-0.15, -0.1) is 0 Å². The van der Waals surface area contributed by atoms with Gasteiger partial charge in [0.1, 0.15) is 4.99 Å². The van der Waals surface area contributed by atoms with Crippen LogP contribution in [0.1, 0.15) is 0 Å². The molecule has 1 saturated heterocycles. The van der Waals surface area contributed by atoms with E-state index in [0.717, 1.165) is 5.06 Å². The summed E-state index contributed by atoms with van der Waals surface area (Å²) in [5.74, 6) is 0. The number of alkyl halides is 2. The predicted octanol–water partition coefficient (Wildman–Crippen LogP) is 0.622. The number of anilines is 2. The molecule has 0 bridgehead atoms. The molecule has 144 valence electrons. The fraction of sp³-hybridized carbons (Fsp3) is 0.500. The summed E-state index contributed by atoms with van der Waals surface area (Å²) < 4.78 is 29.8. The van der Waals surface area contributed by atoms with Crippen molar-refractivity contribution in [3.05, 3.63) is 34.5 Å². The topological polar surface area (TPSA) is 85.3 Å². The standard InChI is InChI=1S/C16H21F2N3O4S/c17-15(18)16(26)19-9-12(22)10-21(24)11-1-3-13(14(23)4-2-11)20-5-7-25-8-6-20/h1-4,12,15,22,24H,5-10H2,(H,19,26)/t12-/m0/s1. The molecule has 0 radical (unpaired) electrons. The van der Waals surface area contributed by atoms with Crippen LogP contribution in [0, 0.1) is 0 Å². The number of aliphatic hydroxyl groups excluding tert-OH is 1. The van der Waals surface area contributed by atoms with Crippen LogP contribution >= 0.6 is 12.2 Å². The summed E-state index contributed by atoms with van der Waals surface area (Å²) in [6.45, 7) is 1.81. The number of aliphatic hydroxyl groups is 1. The van der Waals surface area contributed by atoms with E-state index < -0.39 is 17.5 Å². The maximum atomic E-state index is 12.3. The van der Waals surface area contributed by atoms with Crippen LogP contribution in [-0.4, -0.2) is 67.2 Å². The molecule has 2 rings (SSSR count). The second-order valence-corrected chi connectivity index (χ2v) is 6.16. The second-order valence-electron chi connectivity index (χ2n) is 5.72. The monoisotopic (exact) mass is 389 g/mol. The fourth-order valence-electron chi connectivity index (χ4n) is 2.45. The molecule has 1 aromatic rings. The van der Waals surface area contributed by atoms with Gasteiger partial charge in [-0.25, -0.2) is 8.78 Å². The van der Waals surface area contributed by atoms with Crippen LogP contribution in [0.3, 0.4) is 0 Å². The summed E-state index contributed by atoms with van der Waals surface area (Å²) >= 11 is 4.41. The molecule has 26 heavy (non-hydrogen) atoms. The molecular formula is C16H21F2N3O4S. The molecule has 0 aromatic heterocycles. The lowest BCUT2D eigenvalue weighted by molar-refractivity contribution is 0.122. The summed E-state index contributed by atoms with van der Waals surface area (Å²) in [5.41, 5.74) is 0.589. The normalized spacial score (nSPS) is 15.7. The molecular weight excluding hydrogens is 368 g/mol. The Bertz CT molecular complexity index is 674. The number of nitrogens with zero attached hydrogens (tertiary/aromatic N) is 2. The Balaban J connectivity index is 2.00. The number of thiocarbonyl (C=S) groups is 1. The summed E-state index contributed by atoms with van der Waals surface area (Å²) in [4.78, 5) is 13.5. The zero-order chi connectivity index (χ0) is 19.1. The molecule has 0 saturated carbocycles. The molecule has 3 N–H and O–H groups in total. The highest BCUT2D eigenvalue weighted by molar-refractivity contribution is 7.80. The van der Waals surface area contributed by atoms with E-state index in [1.165, 1.54) is 12.1 Å². The number of nitrogens with one attached hydrogen (secondary N) is 1. The minimum absolute atomic E-state index is 0.198. The van der Waals surface area contributed by atoms with Crippen LogP contribution in [0.4, 0.5) is 20.2 Å². The molecule has 1 aliphatic heterocycles. The lowest BCUT2D eigenvalue weighted by Gasteiger charge is -2.27. The maximum absolute atomic E-state index is 12.3. The van der Waals surface area contributed by atoms with Crippen molar-refractivity contribution in [3.8, 4) is 0 Å². The molecule has 10 heteroatoms. The Hall–Kier alpha value is -1.88. The molecule has 7 nitrogen and oxygen atoms in total. The first kappa shape index (κ1) is 20.4. The first-order chi connectivity index (χ1) is 12.4. The molecule has 1 aliphatic rings. The van der Waals surface area contributed by atoms with Gasteiger partial charge in [0.25, 0.3) is 6.43 Å². The zero-order valence-corrected chi connectivity index (χ0v) is 14.8. The molecule has 1 atom stereocenters. The molecule has 0 amide bonds. The average molecular weight is 389 g/mol. The van der Waals surface area contributed by atoms with Crippen molar-refractivity contribution >= 4 is 28.6 Å². The lowest BCUT2D eigenvalue weighted by atomic mass is 10.3. The third kappa shape index (κ3) is 5.84. The summed E-state index contributed by atoms with van der Waals surface area (Å²) in [5, 5.41) is 22.9. The van der Waals surface area contributed by atoms with E-state index in [4.69, 9.17) is 4.74 Å². The molecule has 0 unspecified atom stereocenters. The van der Waals surface area contributed by atoms with E-state index in [1.54, 1.807) is 12.1 Å². The highest BCUT2D eigenvalue weighted by atomic mass is 32.1. The summed E-state index contributed by atoms with van der Waals surface area (Å²) in [6, 6.07) is 5.91. The summed E-state index contributed by atoms with van der Waals surface area (Å²) in [6.07, 6.45) is -3.95. The fourth-order valence-corrected chi connectivity index (χ4v) is 2.53. The van der Waals surface area contributed by atoms with Crippen LogP contribution < -0.4 is 20.7 Å². The van der Waals surface area contributed by atoms with Crippen LogP contribution in [0.5, 0.6) is 0 Å². The summed E-state index contributed by atoms with van der Waals surface area (Å²) in [7, 11) is 0. The van der Waals surface area contributed by atoms with Crippen molar-refractivity contribution in [2.45, 2.75) is 12.5 Å². The minimum Gasteiger partial charge on any atom is -0.389 e. The highest BCUT2D eigenvalue weighted by Crippen LogP contribution is 2.15. The van der Waals surface area contributed by atoms with Crippen molar-refractivity contribution < 1.29 is 23.8 Å². The van der Waals surface area contributed by atoms with Crippen molar-refractivity contribution in [2.75, 3.05) is 49.4 Å². The number of hydrogen-bond donors (Lipinski definition) is 3. The second kappa shape index (κ2) is 9.72. The van der Waals surface area contributed by atoms with E-state index in [1.807, 2.05) is 4.90 Å². The Morgan fingerprint density at radius 3 is 2.62 bits per heavy atom. The van der Waals surface area contributed by atoms with Gasteiger partial charge in [-0.1, -0.05) is 12.2 Å². The van der Waals surface area contributed by atoms with Crippen LogP contribution in [0.2, 0.25) is 0 Å². The number of morpholine rings is 1. The molecule has 0 aliphatic carbocycles. The Morgan fingerprint density at radius 2 is 1.96 bits per heavy atom. The first-order valence-corrected chi connectivity index (χ1v) is 8.46. The smallest absolute Gasteiger partial charge is 0.288 e. The van der Waals surface area contributed by atoms with Gasteiger partial charge >= 0.3 is 0 Å². The third-order valence-corrected chi connectivity index (χ3v) is 4.14. The minimum atomic E-state index is -2.80. The average Bonchev–Trinajstić information content (AvgIpc) is 2.82. The van der Waals surface area contributed by atoms with E-state index >= 15 is 0 Å². The maximum Gasteiger partial charge on any atom is 0.288 e. The zero-order valence-electron chi connectivity index (χ0n) is 14.0. The van der Waals surface area contributed by atoms with Gasteiger partial charge in [0.05, 0.1) is 37.2 Å². The van der Waals surface area contributed by atoms with Crippen molar-refractivity contribution in [1.29, 1.82) is 0 Å². The quantitative estimate of drug-likeness (QED) is 0.462. The molecule has 0 spiro atoms. The predicted molar refractivity (Wildman–Crippen MR) is 97.5 cm³/mol. The number of hydroxylamine groups is 1. The van der Waals surface area contributed by atoms with Crippen molar-refractivity contribution in [3.63, 3.8) is 0 Å². The Morgan fingerprint density at radius 1 is 1.31 bits per heavy atom. The molecule has 1 heterocycles. The van der Waals surface area contributed by atoms with Crippen LogP contribution in [0.15, 0.2) is 29.1 Å². The van der Waals surface area contributed by atoms with E-state index in [2.05, 4.69) is 17.5 Å². The van der Waals surface area contributed by atoms with E-state index in [9.17, 15) is 23.9 Å². The van der Waals surface area contributed by atoms with Gasteiger partial charge < -0.3 is 20.1 Å². The highest BCUT2D eigenvalue weighted by Gasteiger charge is 2.16. The van der Waals surface area contributed by atoms with Gasteiger partial charge in [-0.3, -0.25) is 15.1 Å². The van der Waals surface area contributed by atoms with Crippen LogP contribution in [0.25, 0.3) is 0 Å².